The lowest BCUT2D eigenvalue weighted by Crippen LogP contribution is -2.39. The highest BCUT2D eigenvalue weighted by atomic mass is 35.5. The maximum atomic E-state index is 13.2. The van der Waals surface area contributed by atoms with Gasteiger partial charge in [0, 0.05) is 33.0 Å². The molecule has 1 aromatic carbocycles. The summed E-state index contributed by atoms with van der Waals surface area (Å²) in [6.45, 7) is 0.426. The molecule has 0 aliphatic carbocycles. The predicted molar refractivity (Wildman–Crippen MR) is 76.8 cm³/mol. The molecular formula is C12H15Cl2F2N3. The second kappa shape index (κ2) is 5.21. The lowest BCUT2D eigenvalue weighted by Gasteiger charge is -2.34. The molecule has 1 aliphatic heterocycles. The Hall–Kier alpha value is -0.940. The highest BCUT2D eigenvalue weighted by Gasteiger charge is 2.35. The molecule has 7 heteroatoms. The van der Waals surface area contributed by atoms with Crippen LogP contribution in [0.1, 0.15) is 12.8 Å². The second-order valence-corrected chi connectivity index (χ2v) is 5.36. The van der Waals surface area contributed by atoms with Crippen molar-refractivity contribution < 1.29 is 8.78 Å². The van der Waals surface area contributed by atoms with Crippen LogP contribution in [0.5, 0.6) is 0 Å². The summed E-state index contributed by atoms with van der Waals surface area (Å²) in [5, 5.41) is 3.61. The van der Waals surface area contributed by atoms with Gasteiger partial charge in [-0.25, -0.2) is 8.78 Å². The minimum absolute atomic E-state index is 0.201. The highest BCUT2D eigenvalue weighted by molar-refractivity contribution is 6.41. The molecule has 0 amide bonds. The van der Waals surface area contributed by atoms with E-state index >= 15 is 0 Å². The number of rotatable bonds is 2. The van der Waals surface area contributed by atoms with E-state index in [1.54, 1.807) is 18.0 Å². The molecule has 1 aliphatic rings. The van der Waals surface area contributed by atoms with Crippen molar-refractivity contribution in [1.29, 1.82) is 0 Å². The van der Waals surface area contributed by atoms with Gasteiger partial charge >= 0.3 is 0 Å². The van der Waals surface area contributed by atoms with Crippen molar-refractivity contribution in [3.05, 3.63) is 16.1 Å². The zero-order valence-electron chi connectivity index (χ0n) is 10.4. The third-order valence-electron chi connectivity index (χ3n) is 3.31. The number of hydrogen-bond acceptors (Lipinski definition) is 3. The molecule has 1 saturated heterocycles. The van der Waals surface area contributed by atoms with Crippen molar-refractivity contribution in [2.24, 2.45) is 0 Å². The first kappa shape index (κ1) is 14.5. The van der Waals surface area contributed by atoms with Crippen LogP contribution in [0, 0.1) is 0 Å². The minimum Gasteiger partial charge on any atom is -0.396 e. The van der Waals surface area contributed by atoms with Gasteiger partial charge in [0.1, 0.15) is 0 Å². The van der Waals surface area contributed by atoms with Crippen LogP contribution in [0.3, 0.4) is 0 Å². The van der Waals surface area contributed by atoms with Gasteiger partial charge in [0.25, 0.3) is 5.92 Å². The molecule has 2 rings (SSSR count). The topological polar surface area (TPSA) is 41.3 Å². The number of hydrogen-bond donors (Lipinski definition) is 2. The predicted octanol–water partition coefficient (Wildman–Crippen LogP) is 3.85. The SMILES string of the molecule is CNc1cc(Cl)c(N2CCC(F)(F)CC2)c(Cl)c1N. The van der Waals surface area contributed by atoms with Crippen LogP contribution in [-0.4, -0.2) is 26.1 Å². The number of halogens is 4. The zero-order valence-corrected chi connectivity index (χ0v) is 12.0. The van der Waals surface area contributed by atoms with Crippen molar-refractivity contribution >= 4 is 40.3 Å². The van der Waals surface area contributed by atoms with Gasteiger partial charge in [0.15, 0.2) is 0 Å². The summed E-state index contributed by atoms with van der Waals surface area (Å²) in [5.41, 5.74) is 7.43. The number of alkyl halides is 2. The first-order chi connectivity index (χ1) is 8.85. The van der Waals surface area contributed by atoms with Crippen LogP contribution in [0.25, 0.3) is 0 Å². The Morgan fingerprint density at radius 3 is 2.42 bits per heavy atom. The number of anilines is 3. The first-order valence-corrected chi connectivity index (χ1v) is 6.69. The fourth-order valence-electron chi connectivity index (χ4n) is 2.18. The quantitative estimate of drug-likeness (QED) is 0.815. The monoisotopic (exact) mass is 309 g/mol. The Bertz CT molecular complexity index is 484. The van der Waals surface area contributed by atoms with Crippen molar-refractivity contribution in [3.63, 3.8) is 0 Å². The first-order valence-electron chi connectivity index (χ1n) is 5.94. The lowest BCUT2D eigenvalue weighted by atomic mass is 10.1. The van der Waals surface area contributed by atoms with Crippen LogP contribution in [0.2, 0.25) is 10.0 Å². The Labute approximate surface area is 120 Å². The van der Waals surface area contributed by atoms with E-state index in [0.717, 1.165) is 0 Å². The fourth-order valence-corrected chi connectivity index (χ4v) is 2.87. The Balaban J connectivity index is 2.33. The smallest absolute Gasteiger partial charge is 0.251 e. The van der Waals surface area contributed by atoms with Crippen LogP contribution in [-0.2, 0) is 0 Å². The molecule has 1 fully saturated rings. The van der Waals surface area contributed by atoms with E-state index in [0.29, 0.717) is 27.1 Å². The maximum absolute atomic E-state index is 13.2. The molecule has 1 heterocycles. The van der Waals surface area contributed by atoms with E-state index in [2.05, 4.69) is 5.32 Å². The van der Waals surface area contributed by atoms with E-state index in [1.165, 1.54) is 0 Å². The summed E-state index contributed by atoms with van der Waals surface area (Å²) >= 11 is 12.4. The molecule has 3 nitrogen and oxygen atoms in total. The average Bonchev–Trinajstić information content (AvgIpc) is 2.35. The van der Waals surface area contributed by atoms with Crippen LogP contribution in [0.4, 0.5) is 25.8 Å². The molecule has 106 valence electrons. The molecule has 0 unspecified atom stereocenters. The molecule has 1 aromatic rings. The number of benzene rings is 1. The highest BCUT2D eigenvalue weighted by Crippen LogP contribution is 2.44. The van der Waals surface area contributed by atoms with Crippen LogP contribution in [0.15, 0.2) is 6.07 Å². The molecule has 0 spiro atoms. The Morgan fingerprint density at radius 1 is 1.32 bits per heavy atom. The summed E-state index contributed by atoms with van der Waals surface area (Å²) in [4.78, 5) is 1.76. The van der Waals surface area contributed by atoms with E-state index in [-0.39, 0.29) is 25.9 Å². The van der Waals surface area contributed by atoms with E-state index in [1.807, 2.05) is 0 Å². The van der Waals surface area contributed by atoms with Crippen molar-refractivity contribution in [2.75, 3.05) is 36.1 Å². The number of piperidine rings is 1. The summed E-state index contributed by atoms with van der Waals surface area (Å²) in [6.07, 6.45) is -0.402. The molecule has 0 bridgehead atoms. The molecule has 19 heavy (non-hydrogen) atoms. The maximum Gasteiger partial charge on any atom is 0.251 e. The molecule has 0 saturated carbocycles. The lowest BCUT2D eigenvalue weighted by molar-refractivity contribution is -0.0220. The minimum atomic E-state index is -2.61. The molecule has 0 aromatic heterocycles. The van der Waals surface area contributed by atoms with Gasteiger partial charge in [-0.2, -0.15) is 0 Å². The standard InChI is InChI=1S/C12H15Cl2F2N3/c1-18-8-6-7(13)11(9(14)10(8)17)19-4-2-12(15,16)3-5-19/h6,18H,2-5,17H2,1H3. The Kier molecular flexibility index (Phi) is 3.97. The molecule has 0 radical (unpaired) electrons. The number of nitrogens with two attached hydrogens (primary N) is 1. The van der Waals surface area contributed by atoms with Crippen molar-refractivity contribution in [2.45, 2.75) is 18.8 Å². The zero-order chi connectivity index (χ0) is 14.2. The number of nitrogen functional groups attached to an aromatic ring is 1. The normalized spacial score (nSPS) is 18.5. The second-order valence-electron chi connectivity index (χ2n) is 4.58. The Morgan fingerprint density at radius 2 is 1.89 bits per heavy atom. The fraction of sp³-hybridized carbons (Fsp3) is 0.500. The van der Waals surface area contributed by atoms with E-state index < -0.39 is 5.92 Å². The molecule has 0 atom stereocenters. The molecule has 3 N–H and O–H groups in total. The number of nitrogens with zero attached hydrogens (tertiary/aromatic N) is 1. The largest absolute Gasteiger partial charge is 0.396 e. The van der Waals surface area contributed by atoms with Gasteiger partial charge in [0.05, 0.1) is 27.1 Å². The summed E-state index contributed by atoms with van der Waals surface area (Å²) in [7, 11) is 1.71. The third-order valence-corrected chi connectivity index (χ3v) is 3.98. The van der Waals surface area contributed by atoms with Crippen molar-refractivity contribution in [3.8, 4) is 0 Å². The van der Waals surface area contributed by atoms with Gasteiger partial charge in [-0.15, -0.1) is 0 Å². The van der Waals surface area contributed by atoms with Crippen LogP contribution >= 0.6 is 23.2 Å². The van der Waals surface area contributed by atoms with Gasteiger partial charge in [-0.05, 0) is 6.07 Å². The average molecular weight is 310 g/mol. The van der Waals surface area contributed by atoms with Gasteiger partial charge < -0.3 is 16.0 Å². The van der Waals surface area contributed by atoms with Gasteiger partial charge in [0.2, 0.25) is 0 Å². The van der Waals surface area contributed by atoms with Crippen molar-refractivity contribution in [1.82, 2.24) is 0 Å². The van der Waals surface area contributed by atoms with Gasteiger partial charge in [-0.3, -0.25) is 0 Å². The van der Waals surface area contributed by atoms with Gasteiger partial charge in [-0.1, -0.05) is 23.2 Å². The number of nitrogens with one attached hydrogen (secondary N) is 1. The summed E-state index contributed by atoms with van der Waals surface area (Å²) in [5.74, 6) is -2.61. The summed E-state index contributed by atoms with van der Waals surface area (Å²) in [6, 6.07) is 1.66. The van der Waals surface area contributed by atoms with E-state index in [4.69, 9.17) is 28.9 Å². The van der Waals surface area contributed by atoms with Crippen LogP contribution < -0.4 is 16.0 Å². The summed E-state index contributed by atoms with van der Waals surface area (Å²) < 4.78 is 26.3. The van der Waals surface area contributed by atoms with E-state index in [9.17, 15) is 8.78 Å². The molecular weight excluding hydrogens is 295 g/mol. The third kappa shape index (κ3) is 2.82.